The Hall–Kier alpha value is -2.18. The summed E-state index contributed by atoms with van der Waals surface area (Å²) >= 11 is 0. The van der Waals surface area contributed by atoms with Crippen molar-refractivity contribution in [1.82, 2.24) is 15.1 Å². The van der Waals surface area contributed by atoms with E-state index in [1.165, 1.54) is 7.11 Å². The Labute approximate surface area is 135 Å². The van der Waals surface area contributed by atoms with Gasteiger partial charge in [0, 0.05) is 37.9 Å². The highest BCUT2D eigenvalue weighted by Crippen LogP contribution is 2.24. The smallest absolute Gasteiger partial charge is 0.323 e. The number of aromatic nitrogens is 2. The number of benzene rings is 1. The highest BCUT2D eigenvalue weighted by atomic mass is 16.5. The molecule has 0 radical (unpaired) electrons. The molecule has 2 aromatic rings. The molecule has 2 heterocycles. The van der Waals surface area contributed by atoms with Crippen LogP contribution in [0.15, 0.2) is 36.4 Å². The lowest BCUT2D eigenvalue weighted by atomic mass is 10.1. The molecule has 6 heteroatoms. The van der Waals surface area contributed by atoms with Gasteiger partial charge in [-0.1, -0.05) is 30.3 Å². The van der Waals surface area contributed by atoms with Crippen molar-refractivity contribution in [2.75, 3.05) is 20.8 Å². The van der Waals surface area contributed by atoms with Gasteiger partial charge in [0.1, 0.15) is 6.04 Å². The normalized spacial score (nSPS) is 21.5. The molecule has 0 spiro atoms. The Morgan fingerprint density at radius 2 is 2.13 bits per heavy atom. The van der Waals surface area contributed by atoms with Crippen molar-refractivity contribution >= 4 is 5.97 Å². The van der Waals surface area contributed by atoms with Gasteiger partial charge in [-0.3, -0.25) is 14.8 Å². The highest BCUT2D eigenvalue weighted by Gasteiger charge is 2.37. The molecule has 1 aliphatic rings. The summed E-state index contributed by atoms with van der Waals surface area (Å²) in [7, 11) is 3.09. The van der Waals surface area contributed by atoms with Crippen LogP contribution in [0, 0.1) is 0 Å². The Morgan fingerprint density at radius 3 is 2.83 bits per heavy atom. The van der Waals surface area contributed by atoms with E-state index in [0.717, 1.165) is 17.0 Å². The van der Waals surface area contributed by atoms with E-state index in [1.807, 2.05) is 36.4 Å². The zero-order chi connectivity index (χ0) is 16.2. The molecule has 0 unspecified atom stereocenters. The van der Waals surface area contributed by atoms with Crippen LogP contribution in [-0.2, 0) is 20.8 Å². The molecule has 0 amide bonds. The number of esters is 1. The number of H-pyrrole nitrogens is 1. The zero-order valence-electron chi connectivity index (χ0n) is 13.4. The Kier molecular flexibility index (Phi) is 4.73. The molecule has 1 aromatic heterocycles. The second-order valence-corrected chi connectivity index (χ2v) is 5.71. The minimum atomic E-state index is -0.270. The van der Waals surface area contributed by atoms with E-state index < -0.39 is 0 Å². The fraction of sp³-hybridized carbons (Fsp3) is 0.412. The van der Waals surface area contributed by atoms with Crippen LogP contribution in [0.2, 0.25) is 0 Å². The summed E-state index contributed by atoms with van der Waals surface area (Å²) in [6, 6.07) is 11.7. The number of nitrogens with zero attached hydrogens (tertiary/aromatic N) is 2. The van der Waals surface area contributed by atoms with E-state index >= 15 is 0 Å². The predicted molar refractivity (Wildman–Crippen MR) is 85.7 cm³/mol. The topological polar surface area (TPSA) is 67.5 Å². The van der Waals surface area contributed by atoms with Gasteiger partial charge in [-0.25, -0.2) is 0 Å². The summed E-state index contributed by atoms with van der Waals surface area (Å²) in [5.41, 5.74) is 2.93. The molecule has 1 saturated heterocycles. The summed E-state index contributed by atoms with van der Waals surface area (Å²) in [5, 5.41) is 7.42. The van der Waals surface area contributed by atoms with E-state index in [2.05, 4.69) is 15.1 Å². The van der Waals surface area contributed by atoms with Gasteiger partial charge >= 0.3 is 5.97 Å². The molecule has 0 saturated carbocycles. The third kappa shape index (κ3) is 3.43. The maximum Gasteiger partial charge on any atom is 0.323 e. The summed E-state index contributed by atoms with van der Waals surface area (Å²) in [5.74, 6) is -0.215. The van der Waals surface area contributed by atoms with Crippen LogP contribution in [0.25, 0.3) is 11.3 Å². The lowest BCUT2D eigenvalue weighted by Crippen LogP contribution is -2.36. The van der Waals surface area contributed by atoms with E-state index in [9.17, 15) is 4.79 Å². The number of methoxy groups -OCH3 is 2. The number of hydrogen-bond donors (Lipinski definition) is 1. The largest absolute Gasteiger partial charge is 0.468 e. The molecule has 3 rings (SSSR count). The molecule has 1 aliphatic heterocycles. The highest BCUT2D eigenvalue weighted by molar-refractivity contribution is 5.76. The predicted octanol–water partition coefficient (Wildman–Crippen LogP) is 1.84. The molecule has 2 atom stereocenters. The Bertz CT molecular complexity index is 656. The minimum Gasteiger partial charge on any atom is -0.468 e. The molecule has 1 fully saturated rings. The van der Waals surface area contributed by atoms with Gasteiger partial charge in [0.05, 0.1) is 18.9 Å². The van der Waals surface area contributed by atoms with Crippen LogP contribution in [0.5, 0.6) is 0 Å². The third-order valence-corrected chi connectivity index (χ3v) is 4.25. The van der Waals surface area contributed by atoms with Crippen LogP contribution >= 0.6 is 0 Å². The van der Waals surface area contributed by atoms with Gasteiger partial charge in [0.2, 0.25) is 0 Å². The molecule has 1 N–H and O–H groups in total. The quantitative estimate of drug-likeness (QED) is 0.853. The van der Waals surface area contributed by atoms with Crippen molar-refractivity contribution in [1.29, 1.82) is 0 Å². The van der Waals surface area contributed by atoms with Gasteiger partial charge in [-0.2, -0.15) is 5.10 Å². The minimum absolute atomic E-state index is 0.0515. The average Bonchev–Trinajstić information content (AvgIpc) is 3.22. The first-order valence-corrected chi connectivity index (χ1v) is 7.65. The van der Waals surface area contributed by atoms with Gasteiger partial charge in [-0.15, -0.1) is 0 Å². The Balaban J connectivity index is 1.73. The number of carbonyl (C=O) groups is 1. The van der Waals surface area contributed by atoms with E-state index in [1.54, 1.807) is 7.11 Å². The molecule has 6 nitrogen and oxygen atoms in total. The van der Waals surface area contributed by atoms with Crippen LogP contribution in [0.4, 0.5) is 0 Å². The van der Waals surface area contributed by atoms with Crippen molar-refractivity contribution in [2.24, 2.45) is 0 Å². The van der Waals surface area contributed by atoms with Gasteiger partial charge < -0.3 is 9.47 Å². The van der Waals surface area contributed by atoms with Crippen LogP contribution in [-0.4, -0.2) is 54.0 Å². The van der Waals surface area contributed by atoms with E-state index in [-0.39, 0.29) is 18.1 Å². The van der Waals surface area contributed by atoms with Crippen molar-refractivity contribution in [3.8, 4) is 11.3 Å². The first-order valence-electron chi connectivity index (χ1n) is 7.65. The number of ether oxygens (including phenoxy) is 2. The molecule has 0 aliphatic carbocycles. The molecule has 0 bridgehead atoms. The number of likely N-dealkylation sites (tertiary alicyclic amines) is 1. The fourth-order valence-electron chi connectivity index (χ4n) is 3.01. The fourth-order valence-corrected chi connectivity index (χ4v) is 3.01. The lowest BCUT2D eigenvalue weighted by molar-refractivity contribution is -0.146. The maximum absolute atomic E-state index is 12.0. The first kappa shape index (κ1) is 15.7. The second-order valence-electron chi connectivity index (χ2n) is 5.71. The number of rotatable bonds is 5. The summed E-state index contributed by atoms with van der Waals surface area (Å²) in [6.45, 7) is 1.31. The van der Waals surface area contributed by atoms with Gasteiger partial charge in [0.25, 0.3) is 0 Å². The van der Waals surface area contributed by atoms with Gasteiger partial charge in [0.15, 0.2) is 0 Å². The second kappa shape index (κ2) is 6.93. The first-order chi connectivity index (χ1) is 11.2. The van der Waals surface area contributed by atoms with Crippen molar-refractivity contribution < 1.29 is 14.3 Å². The Morgan fingerprint density at radius 1 is 1.35 bits per heavy atom. The average molecular weight is 315 g/mol. The van der Waals surface area contributed by atoms with Crippen molar-refractivity contribution in [2.45, 2.75) is 25.1 Å². The van der Waals surface area contributed by atoms with Crippen LogP contribution in [0.3, 0.4) is 0 Å². The number of hydrogen-bond acceptors (Lipinski definition) is 5. The molecule has 1 aromatic carbocycles. The van der Waals surface area contributed by atoms with Gasteiger partial charge in [-0.05, 0) is 6.07 Å². The van der Waals surface area contributed by atoms with Crippen molar-refractivity contribution in [3.05, 3.63) is 42.1 Å². The van der Waals surface area contributed by atoms with Crippen LogP contribution < -0.4 is 0 Å². The lowest BCUT2D eigenvalue weighted by Gasteiger charge is -2.20. The summed E-state index contributed by atoms with van der Waals surface area (Å²) in [4.78, 5) is 14.0. The molecule has 122 valence electrons. The summed E-state index contributed by atoms with van der Waals surface area (Å²) < 4.78 is 10.3. The number of carbonyl (C=O) groups excluding carboxylic acids is 1. The third-order valence-electron chi connectivity index (χ3n) is 4.25. The number of aromatic amines is 1. The van der Waals surface area contributed by atoms with Crippen molar-refractivity contribution in [3.63, 3.8) is 0 Å². The number of nitrogens with one attached hydrogen (secondary N) is 1. The molecular formula is C17H21N3O3. The van der Waals surface area contributed by atoms with E-state index in [4.69, 9.17) is 9.47 Å². The monoisotopic (exact) mass is 315 g/mol. The summed E-state index contributed by atoms with van der Waals surface area (Å²) in [6.07, 6.45) is 0.707. The zero-order valence-corrected chi connectivity index (χ0v) is 13.4. The maximum atomic E-state index is 12.0. The molecule has 23 heavy (non-hydrogen) atoms. The standard InChI is InChI=1S/C17H21N3O3/c1-22-14-9-16(17(21)23-2)20(11-14)10-13-8-15(19-18-13)12-6-4-3-5-7-12/h3-8,14,16H,9-11H2,1-2H3,(H,18,19)/t14-,16-/m0/s1. The van der Waals surface area contributed by atoms with Crippen LogP contribution in [0.1, 0.15) is 12.1 Å². The molecular weight excluding hydrogens is 294 g/mol. The SMILES string of the molecule is COC(=O)[C@@H]1C[C@H](OC)CN1Cc1cc(-c2ccccc2)n[nH]1. The van der Waals surface area contributed by atoms with E-state index in [0.29, 0.717) is 19.5 Å².